The Bertz CT molecular complexity index is 1500. The minimum Gasteiger partial charge on any atom is -0.292 e. The summed E-state index contributed by atoms with van der Waals surface area (Å²) in [4.78, 5) is 51.4. The Balaban J connectivity index is 1.64. The lowest BCUT2D eigenvalue weighted by Gasteiger charge is -2.38. The summed E-state index contributed by atoms with van der Waals surface area (Å²) >= 11 is 57.6. The molecule has 2 aromatic rings. The summed E-state index contributed by atoms with van der Waals surface area (Å²) in [5.41, 5.74) is 0.0734. The average molecular weight is 724 g/mol. The third kappa shape index (κ3) is 3.84. The number of benzene rings is 2. The van der Waals surface area contributed by atoms with Gasteiger partial charge in [-0.25, -0.2) is 5.01 Å². The van der Waals surface area contributed by atoms with Gasteiger partial charge in [-0.15, -0.1) is 23.2 Å². The van der Waals surface area contributed by atoms with Gasteiger partial charge in [-0.2, -0.15) is 5.01 Å². The molecule has 3 amide bonds. The van der Waals surface area contributed by atoms with Crippen LogP contribution in [0.1, 0.15) is 27.6 Å². The quantitative estimate of drug-likeness (QED) is 0.180. The van der Waals surface area contributed by atoms with E-state index in [-0.39, 0.29) is 31.2 Å². The number of fused-ring (bicyclic) bond motifs is 5. The molecule has 0 N–H and O–H groups in total. The summed E-state index contributed by atoms with van der Waals surface area (Å²) in [6.45, 7) is 1.34. The number of hydrogen-bond acceptors (Lipinski definition) is 4. The monoisotopic (exact) mass is 720 g/mol. The fourth-order valence-electron chi connectivity index (χ4n) is 5.36. The van der Waals surface area contributed by atoms with Crippen LogP contribution in [0.4, 0.5) is 0 Å². The number of amides is 3. The lowest BCUT2D eigenvalue weighted by atomic mass is 9.84. The molecule has 1 saturated carbocycles. The third-order valence-corrected chi connectivity index (χ3v) is 12.6. The van der Waals surface area contributed by atoms with Crippen molar-refractivity contribution < 1.29 is 19.2 Å². The van der Waals surface area contributed by atoms with Gasteiger partial charge >= 0.3 is 0 Å². The first kappa shape index (κ1) is 30.5. The SMILES string of the molecule is C[C@H](C(=O)c1ccc(Cl)cc1)N(C(=O)c1ccc(Cl)c(Cl)c1)N1C(=O)[C@@H]2[C@H](C1=O)[C@@]1(Cl)C(Cl)=C(Cl)[C@@]2(Cl)C1(Cl)Cl. The molecule has 5 atom stereocenters. The molecular weight excluding hydrogens is 711 g/mol. The number of carbonyl (C=O) groups excluding carboxylic acids is 4. The van der Waals surface area contributed by atoms with Crippen molar-refractivity contribution in [1.29, 1.82) is 0 Å². The highest BCUT2D eigenvalue weighted by molar-refractivity contribution is 6.66. The first-order valence-electron chi connectivity index (χ1n) is 11.3. The van der Waals surface area contributed by atoms with Crippen LogP contribution in [0.15, 0.2) is 52.5 Å². The second kappa shape index (κ2) is 10.1. The van der Waals surface area contributed by atoms with Crippen molar-refractivity contribution in [2.75, 3.05) is 0 Å². The Hall–Kier alpha value is -0.930. The fourth-order valence-corrected chi connectivity index (χ4v) is 8.71. The van der Waals surface area contributed by atoms with Crippen LogP contribution in [0.5, 0.6) is 0 Å². The molecule has 1 saturated heterocycles. The number of carbonyl (C=O) groups is 4. The Morgan fingerprint density at radius 1 is 0.775 bits per heavy atom. The number of Topliss-reactive ketones (excluding diaryl/α,β-unsaturated/α-hetero) is 1. The predicted molar refractivity (Wildman–Crippen MR) is 157 cm³/mol. The molecule has 6 nitrogen and oxygen atoms in total. The molecule has 15 heteroatoms. The number of ketones is 1. The number of hydrogen-bond donors (Lipinski definition) is 0. The average Bonchev–Trinajstić information content (AvgIpc) is 3.29. The number of nitrogens with zero attached hydrogens (tertiary/aromatic N) is 2. The van der Waals surface area contributed by atoms with Gasteiger partial charge in [0, 0.05) is 16.1 Å². The zero-order valence-corrected chi connectivity index (χ0v) is 26.5. The van der Waals surface area contributed by atoms with E-state index in [0.29, 0.717) is 15.0 Å². The van der Waals surface area contributed by atoms with Crippen LogP contribution in [0.2, 0.25) is 15.1 Å². The Morgan fingerprint density at radius 2 is 1.25 bits per heavy atom. The van der Waals surface area contributed by atoms with Crippen molar-refractivity contribution in [2.45, 2.75) is 27.0 Å². The first-order chi connectivity index (χ1) is 18.5. The number of halogens is 9. The van der Waals surface area contributed by atoms with Gasteiger partial charge in [-0.3, -0.25) is 19.2 Å². The molecule has 0 unspecified atom stereocenters. The molecule has 3 aliphatic rings. The van der Waals surface area contributed by atoms with Gasteiger partial charge < -0.3 is 0 Å². The van der Waals surface area contributed by atoms with E-state index < -0.39 is 55.5 Å². The Morgan fingerprint density at radius 3 is 1.73 bits per heavy atom. The highest BCUT2D eigenvalue weighted by Crippen LogP contribution is 2.77. The second-order valence-corrected chi connectivity index (χ2v) is 13.9. The largest absolute Gasteiger partial charge is 0.292 e. The summed E-state index contributed by atoms with van der Waals surface area (Å²) in [5.74, 6) is -6.61. The van der Waals surface area contributed by atoms with Gasteiger partial charge in [-0.1, -0.05) is 81.2 Å². The number of rotatable bonds is 5. The maximum absolute atomic E-state index is 14.0. The van der Waals surface area contributed by atoms with Crippen LogP contribution in [0.3, 0.4) is 0 Å². The Labute approximate surface area is 272 Å². The molecule has 2 bridgehead atoms. The summed E-state index contributed by atoms with van der Waals surface area (Å²) in [7, 11) is 0. The van der Waals surface area contributed by atoms with Gasteiger partial charge in [0.25, 0.3) is 17.7 Å². The minimum absolute atomic E-state index is 0.0226. The van der Waals surface area contributed by atoms with Crippen LogP contribution in [-0.2, 0) is 9.59 Å². The second-order valence-electron chi connectivity index (χ2n) is 9.40. The molecule has 40 heavy (non-hydrogen) atoms. The maximum atomic E-state index is 14.0. The van der Waals surface area contributed by atoms with Crippen LogP contribution in [-0.4, -0.2) is 53.6 Å². The highest BCUT2D eigenvalue weighted by Gasteiger charge is 2.88. The van der Waals surface area contributed by atoms with E-state index in [1.165, 1.54) is 49.4 Å². The fraction of sp³-hybridized carbons (Fsp3) is 0.280. The molecule has 1 aliphatic heterocycles. The topological polar surface area (TPSA) is 74.8 Å². The van der Waals surface area contributed by atoms with Gasteiger partial charge in [-0.05, 0) is 49.4 Å². The molecule has 0 aromatic heterocycles. The van der Waals surface area contributed by atoms with Crippen molar-refractivity contribution in [1.82, 2.24) is 10.0 Å². The molecule has 0 spiro atoms. The van der Waals surface area contributed by atoms with E-state index in [1.54, 1.807) is 0 Å². The highest BCUT2D eigenvalue weighted by atomic mass is 35.5. The summed E-state index contributed by atoms with van der Waals surface area (Å²) in [6.07, 6.45) is 0. The summed E-state index contributed by atoms with van der Waals surface area (Å²) < 4.78 is -2.17. The van der Waals surface area contributed by atoms with Crippen LogP contribution >= 0.6 is 104 Å². The van der Waals surface area contributed by atoms with Crippen LogP contribution < -0.4 is 0 Å². The van der Waals surface area contributed by atoms with Gasteiger partial charge in [0.2, 0.25) is 0 Å². The van der Waals surface area contributed by atoms with Crippen LogP contribution in [0.25, 0.3) is 0 Å². The van der Waals surface area contributed by atoms with Crippen molar-refractivity contribution in [3.05, 3.63) is 78.7 Å². The van der Waals surface area contributed by atoms with Gasteiger partial charge in [0.15, 0.2) is 10.1 Å². The molecular formula is C25H13Cl9N2O4. The van der Waals surface area contributed by atoms with Gasteiger partial charge in [0.05, 0.1) is 31.9 Å². The van der Waals surface area contributed by atoms with E-state index in [4.69, 9.17) is 104 Å². The molecule has 2 aliphatic carbocycles. The molecule has 5 rings (SSSR count). The molecule has 210 valence electrons. The molecule has 1 heterocycles. The van der Waals surface area contributed by atoms with E-state index in [0.717, 1.165) is 0 Å². The normalized spacial score (nSPS) is 29.2. The summed E-state index contributed by atoms with van der Waals surface area (Å²) in [5, 5.41) is 1.18. The smallest absolute Gasteiger partial charge is 0.273 e. The Kier molecular flexibility index (Phi) is 7.69. The summed E-state index contributed by atoms with van der Waals surface area (Å²) in [6, 6.07) is 8.32. The van der Waals surface area contributed by atoms with E-state index >= 15 is 0 Å². The lowest BCUT2D eigenvalue weighted by Crippen LogP contribution is -2.59. The zero-order valence-electron chi connectivity index (χ0n) is 19.7. The number of imide groups is 1. The standard InChI is InChI=1S/C25H13Cl9N2O4/c1-9(17(37)10-2-5-12(26)6-3-10)35(20(38)11-4-7-13(27)14(28)8-11)36-21(39)15-16(22(36)40)24(32)19(30)18(29)23(15,31)25(24,33)34/h2-9,15-16H,1H3/t9-,15-,16+,23-,24-/m1/s1. The molecule has 0 radical (unpaired) electrons. The van der Waals surface area contributed by atoms with Crippen molar-refractivity contribution in [2.24, 2.45) is 11.8 Å². The zero-order chi connectivity index (χ0) is 29.7. The third-order valence-electron chi connectivity index (χ3n) is 7.35. The van der Waals surface area contributed by atoms with Crippen molar-refractivity contribution >= 4 is 128 Å². The van der Waals surface area contributed by atoms with Crippen molar-refractivity contribution in [3.63, 3.8) is 0 Å². The maximum Gasteiger partial charge on any atom is 0.273 e. The van der Waals surface area contributed by atoms with E-state index in [1.807, 2.05) is 0 Å². The first-order valence-corrected chi connectivity index (χ1v) is 14.7. The lowest BCUT2D eigenvalue weighted by molar-refractivity contribution is -0.157. The minimum atomic E-state index is -2.17. The van der Waals surface area contributed by atoms with E-state index in [2.05, 4.69) is 0 Å². The molecule has 2 aromatic carbocycles. The van der Waals surface area contributed by atoms with Gasteiger partial charge in [0.1, 0.15) is 15.8 Å². The number of hydrazine groups is 1. The predicted octanol–water partition coefficient (Wildman–Crippen LogP) is 7.72. The van der Waals surface area contributed by atoms with Crippen molar-refractivity contribution in [3.8, 4) is 0 Å². The van der Waals surface area contributed by atoms with E-state index in [9.17, 15) is 19.2 Å². The number of alkyl halides is 4. The molecule has 2 fully saturated rings. The number of allylic oxidation sites excluding steroid dienone is 2. The van der Waals surface area contributed by atoms with Crippen LogP contribution in [0, 0.1) is 11.8 Å².